The zero-order valence-electron chi connectivity index (χ0n) is 13.4. The summed E-state index contributed by atoms with van der Waals surface area (Å²) in [5, 5.41) is 13.2. The standard InChI is InChI=1S/C18H15N3O2S2/c1-12(22)10-21-16-5-3-2-4-14(16)20-18(21)25(23)11-15-17-13(6-8-19-15)7-9-24-17/h2-10,22H,11H2,1H3/b12-10+. The molecule has 3 aromatic heterocycles. The van der Waals surface area contributed by atoms with E-state index in [1.165, 1.54) is 0 Å². The lowest BCUT2D eigenvalue weighted by Crippen LogP contribution is -2.05. The highest BCUT2D eigenvalue weighted by atomic mass is 32.2. The minimum atomic E-state index is -1.39. The summed E-state index contributed by atoms with van der Waals surface area (Å²) in [4.78, 5) is 8.92. The monoisotopic (exact) mass is 369 g/mol. The molecule has 0 radical (unpaired) electrons. The number of aromatic nitrogens is 3. The van der Waals surface area contributed by atoms with Crippen molar-refractivity contribution < 1.29 is 9.32 Å². The Bertz CT molecular complexity index is 1120. The average molecular weight is 369 g/mol. The number of aliphatic hydroxyl groups is 1. The van der Waals surface area contributed by atoms with Gasteiger partial charge in [0, 0.05) is 12.4 Å². The van der Waals surface area contributed by atoms with Crippen LogP contribution in [0.15, 0.2) is 58.9 Å². The molecule has 0 fully saturated rings. The first kappa shape index (κ1) is 16.0. The second-order valence-electron chi connectivity index (χ2n) is 5.61. The van der Waals surface area contributed by atoms with Crippen molar-refractivity contribution >= 4 is 49.5 Å². The van der Waals surface area contributed by atoms with Crippen LogP contribution in [0.5, 0.6) is 0 Å². The van der Waals surface area contributed by atoms with Gasteiger partial charge >= 0.3 is 0 Å². The molecule has 25 heavy (non-hydrogen) atoms. The van der Waals surface area contributed by atoms with Gasteiger partial charge in [0.2, 0.25) is 5.16 Å². The summed E-state index contributed by atoms with van der Waals surface area (Å²) in [5.74, 6) is 0.402. The van der Waals surface area contributed by atoms with Crippen molar-refractivity contribution in [2.24, 2.45) is 0 Å². The third-order valence-corrected chi connectivity index (χ3v) is 6.00. The molecule has 5 nitrogen and oxygen atoms in total. The normalized spacial score (nSPS) is 13.6. The number of fused-ring (bicyclic) bond motifs is 2. The van der Waals surface area contributed by atoms with Crippen LogP contribution in [-0.2, 0) is 16.6 Å². The Labute approximate surface area is 150 Å². The largest absolute Gasteiger partial charge is 0.511 e. The lowest BCUT2D eigenvalue weighted by Gasteiger charge is -2.05. The number of pyridine rings is 1. The number of imidazole rings is 1. The Morgan fingerprint density at radius 2 is 2.16 bits per heavy atom. The fraction of sp³-hybridized carbons (Fsp3) is 0.111. The molecule has 126 valence electrons. The molecule has 0 aliphatic heterocycles. The molecule has 7 heteroatoms. The summed E-state index contributed by atoms with van der Waals surface area (Å²) >= 11 is 1.59. The van der Waals surface area contributed by atoms with Crippen LogP contribution in [-0.4, -0.2) is 23.9 Å². The number of rotatable bonds is 4. The van der Waals surface area contributed by atoms with Crippen molar-refractivity contribution in [2.75, 3.05) is 0 Å². The molecule has 0 spiro atoms. The lowest BCUT2D eigenvalue weighted by atomic mass is 10.3. The third-order valence-electron chi connectivity index (χ3n) is 3.79. The molecule has 0 bridgehead atoms. The van der Waals surface area contributed by atoms with E-state index in [0.717, 1.165) is 26.8 Å². The fourth-order valence-electron chi connectivity index (χ4n) is 2.74. The summed E-state index contributed by atoms with van der Waals surface area (Å²) in [6.07, 6.45) is 3.28. The number of hydrogen-bond donors (Lipinski definition) is 1. The van der Waals surface area contributed by atoms with E-state index in [-0.39, 0.29) is 11.5 Å². The molecule has 1 aromatic carbocycles. The smallest absolute Gasteiger partial charge is 0.204 e. The molecule has 0 aliphatic rings. The van der Waals surface area contributed by atoms with Gasteiger partial charge in [0.15, 0.2) is 0 Å². The van der Waals surface area contributed by atoms with E-state index in [9.17, 15) is 9.32 Å². The van der Waals surface area contributed by atoms with E-state index in [0.29, 0.717) is 5.16 Å². The lowest BCUT2D eigenvalue weighted by molar-refractivity contribution is 0.417. The van der Waals surface area contributed by atoms with Gasteiger partial charge in [-0.15, -0.1) is 11.3 Å². The van der Waals surface area contributed by atoms with E-state index < -0.39 is 10.8 Å². The maximum absolute atomic E-state index is 13.0. The summed E-state index contributed by atoms with van der Waals surface area (Å²) in [7, 11) is -1.39. The van der Waals surface area contributed by atoms with Gasteiger partial charge in [0.25, 0.3) is 0 Å². The second-order valence-corrected chi connectivity index (χ2v) is 7.87. The number of hydrogen-bond acceptors (Lipinski definition) is 5. The first-order valence-corrected chi connectivity index (χ1v) is 9.87. The molecule has 0 saturated carbocycles. The van der Waals surface area contributed by atoms with Crippen LogP contribution in [0, 0.1) is 0 Å². The van der Waals surface area contributed by atoms with E-state index in [2.05, 4.69) is 9.97 Å². The number of nitrogens with zero attached hydrogens (tertiary/aromatic N) is 3. The molecule has 0 saturated heterocycles. The van der Waals surface area contributed by atoms with Crippen LogP contribution in [0.4, 0.5) is 0 Å². The van der Waals surface area contributed by atoms with Crippen molar-refractivity contribution in [1.29, 1.82) is 0 Å². The molecule has 0 aliphatic carbocycles. The SMILES string of the molecule is C/C(O)=C\n1c(S(=O)Cc2nccc3ccsc23)nc2ccccc21. The second kappa shape index (κ2) is 6.42. The molecule has 1 N–H and O–H groups in total. The maximum Gasteiger partial charge on any atom is 0.204 e. The highest BCUT2D eigenvalue weighted by Crippen LogP contribution is 2.26. The van der Waals surface area contributed by atoms with Gasteiger partial charge in [-0.3, -0.25) is 13.8 Å². The Hall–Kier alpha value is -2.51. The van der Waals surface area contributed by atoms with Crippen molar-refractivity contribution in [3.8, 4) is 0 Å². The van der Waals surface area contributed by atoms with Crippen molar-refractivity contribution in [1.82, 2.24) is 14.5 Å². The summed E-state index contributed by atoms with van der Waals surface area (Å²) < 4.78 is 15.8. The molecule has 4 rings (SSSR count). The van der Waals surface area contributed by atoms with Gasteiger partial charge in [-0.2, -0.15) is 0 Å². The number of para-hydroxylation sites is 2. The molecule has 4 aromatic rings. The molecular weight excluding hydrogens is 354 g/mol. The zero-order chi connectivity index (χ0) is 17.4. The van der Waals surface area contributed by atoms with Crippen LogP contribution < -0.4 is 0 Å². The first-order valence-electron chi connectivity index (χ1n) is 7.67. The van der Waals surface area contributed by atoms with Crippen LogP contribution >= 0.6 is 11.3 Å². The minimum absolute atomic E-state index is 0.125. The average Bonchev–Trinajstić information content (AvgIpc) is 3.20. The van der Waals surface area contributed by atoms with E-state index >= 15 is 0 Å². The molecular formula is C18H15N3O2S2. The highest BCUT2D eigenvalue weighted by molar-refractivity contribution is 7.84. The van der Waals surface area contributed by atoms with E-state index in [4.69, 9.17) is 0 Å². The van der Waals surface area contributed by atoms with Crippen molar-refractivity contribution in [3.05, 3.63) is 59.4 Å². The topological polar surface area (TPSA) is 68.0 Å². The van der Waals surface area contributed by atoms with Gasteiger partial charge in [0.1, 0.15) is 5.76 Å². The van der Waals surface area contributed by atoms with Crippen LogP contribution in [0.1, 0.15) is 12.6 Å². The minimum Gasteiger partial charge on any atom is -0.511 e. The Kier molecular flexibility index (Phi) is 4.10. The van der Waals surface area contributed by atoms with E-state index in [1.807, 2.05) is 41.8 Å². The van der Waals surface area contributed by atoms with Gasteiger partial charge in [-0.1, -0.05) is 12.1 Å². The van der Waals surface area contributed by atoms with Crippen molar-refractivity contribution in [2.45, 2.75) is 17.8 Å². The highest BCUT2D eigenvalue weighted by Gasteiger charge is 2.18. The van der Waals surface area contributed by atoms with Crippen LogP contribution in [0.3, 0.4) is 0 Å². The number of allylic oxidation sites excluding steroid dienone is 1. The number of benzene rings is 1. The van der Waals surface area contributed by atoms with Gasteiger partial charge in [-0.05, 0) is 42.0 Å². The summed E-state index contributed by atoms with van der Waals surface area (Å²) in [6, 6.07) is 11.5. The summed E-state index contributed by atoms with van der Waals surface area (Å²) in [6.45, 7) is 1.58. The van der Waals surface area contributed by atoms with Crippen LogP contribution in [0.2, 0.25) is 0 Å². The molecule has 1 atom stereocenters. The number of thiophene rings is 1. The molecule has 3 heterocycles. The zero-order valence-corrected chi connectivity index (χ0v) is 15.0. The Morgan fingerprint density at radius 3 is 3.00 bits per heavy atom. The third kappa shape index (κ3) is 2.96. The van der Waals surface area contributed by atoms with Gasteiger partial charge in [0.05, 0.1) is 38.0 Å². The van der Waals surface area contributed by atoms with Gasteiger partial charge < -0.3 is 5.11 Å². The van der Waals surface area contributed by atoms with Crippen LogP contribution in [0.25, 0.3) is 27.3 Å². The van der Waals surface area contributed by atoms with Crippen molar-refractivity contribution in [3.63, 3.8) is 0 Å². The van der Waals surface area contributed by atoms with E-state index in [1.54, 1.807) is 35.2 Å². The first-order chi connectivity index (χ1) is 12.1. The summed E-state index contributed by atoms with van der Waals surface area (Å²) in [5.41, 5.74) is 2.35. The Balaban J connectivity index is 1.80. The molecule has 1 unspecified atom stereocenters. The quantitative estimate of drug-likeness (QED) is 0.544. The molecule has 0 amide bonds. The predicted octanol–water partition coefficient (Wildman–Crippen LogP) is 4.33. The predicted molar refractivity (Wildman–Crippen MR) is 102 cm³/mol. The fourth-order valence-corrected chi connectivity index (χ4v) is 4.88. The maximum atomic E-state index is 13.0. The Morgan fingerprint density at radius 1 is 1.32 bits per heavy atom. The van der Waals surface area contributed by atoms with Gasteiger partial charge in [-0.25, -0.2) is 4.98 Å². The number of aliphatic hydroxyl groups excluding tert-OH is 1.